The molecule has 0 bridgehead atoms. The summed E-state index contributed by atoms with van der Waals surface area (Å²) in [4.78, 5) is 37.3. The molecule has 0 saturated carbocycles. The zero-order chi connectivity index (χ0) is 26.3. The molecule has 2 amide bonds. The van der Waals surface area contributed by atoms with Gasteiger partial charge in [-0.2, -0.15) is 0 Å². The Labute approximate surface area is 217 Å². The fourth-order valence-corrected chi connectivity index (χ4v) is 6.11. The molecule has 0 aliphatic carbocycles. The van der Waals surface area contributed by atoms with Crippen molar-refractivity contribution in [2.24, 2.45) is 0 Å². The third-order valence-corrected chi connectivity index (χ3v) is 8.06. The van der Waals surface area contributed by atoms with E-state index in [1.807, 2.05) is 31.2 Å². The van der Waals surface area contributed by atoms with Crippen LogP contribution in [0.15, 0.2) is 42.5 Å². The van der Waals surface area contributed by atoms with Gasteiger partial charge in [0.2, 0.25) is 11.8 Å². The largest absolute Gasteiger partial charge is 0.508 e. The Balaban J connectivity index is 1.59. The molecule has 1 fully saturated rings. The zero-order valence-corrected chi connectivity index (χ0v) is 22.1. The summed E-state index contributed by atoms with van der Waals surface area (Å²) >= 11 is 0. The first-order valence-corrected chi connectivity index (χ1v) is 13.1. The van der Waals surface area contributed by atoms with E-state index in [0.29, 0.717) is 13.0 Å². The molecule has 1 saturated heterocycles. The van der Waals surface area contributed by atoms with Crippen LogP contribution in [0.2, 0.25) is 0 Å². The topological polar surface area (TPSA) is 89.1 Å². The second-order valence-corrected chi connectivity index (χ2v) is 10.2. The molecule has 3 aromatic rings. The number of nitrogens with zero attached hydrogens (tertiary/aromatic N) is 3. The molecule has 5 rings (SSSR count). The number of nitrogens with one attached hydrogen (secondary N) is 1. The lowest BCUT2D eigenvalue weighted by atomic mass is 9.78. The van der Waals surface area contributed by atoms with E-state index in [-0.39, 0.29) is 24.1 Å². The average molecular weight is 505 g/mol. The van der Waals surface area contributed by atoms with E-state index in [4.69, 9.17) is 4.74 Å². The highest BCUT2D eigenvalue weighted by molar-refractivity contribution is 6.00. The number of aromatic amines is 1. The Hall–Kier alpha value is -3.52. The lowest BCUT2D eigenvalue weighted by Crippen LogP contribution is -2.69. The van der Waals surface area contributed by atoms with Crippen LogP contribution in [0.25, 0.3) is 10.9 Å². The number of carbonyl (C=O) groups excluding carboxylic acids is 2. The smallest absolute Gasteiger partial charge is 0.249 e. The number of hydrogen-bond acceptors (Lipinski definition) is 5. The minimum Gasteiger partial charge on any atom is -0.508 e. The molecule has 8 nitrogen and oxygen atoms in total. The Kier molecular flexibility index (Phi) is 6.62. The van der Waals surface area contributed by atoms with Crippen LogP contribution in [0.4, 0.5) is 0 Å². The van der Waals surface area contributed by atoms with Crippen molar-refractivity contribution in [3.63, 3.8) is 0 Å². The van der Waals surface area contributed by atoms with Gasteiger partial charge in [-0.05, 0) is 74.4 Å². The van der Waals surface area contributed by atoms with E-state index in [0.717, 1.165) is 59.5 Å². The molecule has 2 aliphatic rings. The summed E-state index contributed by atoms with van der Waals surface area (Å²) in [6.07, 6.45) is 1.23. The van der Waals surface area contributed by atoms with Crippen LogP contribution in [0.1, 0.15) is 50.1 Å². The van der Waals surface area contributed by atoms with Crippen LogP contribution in [0.3, 0.4) is 0 Å². The minimum atomic E-state index is -1.05. The number of amides is 2. The Morgan fingerprint density at radius 2 is 1.95 bits per heavy atom. The van der Waals surface area contributed by atoms with Gasteiger partial charge in [0.05, 0.1) is 19.7 Å². The van der Waals surface area contributed by atoms with Crippen molar-refractivity contribution < 1.29 is 19.4 Å². The maximum Gasteiger partial charge on any atom is 0.249 e. The molecule has 8 heteroatoms. The Bertz CT molecular complexity index is 1330. The number of aromatic hydroxyl groups is 1. The van der Waals surface area contributed by atoms with Crippen LogP contribution < -0.4 is 4.74 Å². The highest BCUT2D eigenvalue weighted by Crippen LogP contribution is 2.47. The van der Waals surface area contributed by atoms with Crippen molar-refractivity contribution in [1.29, 1.82) is 0 Å². The first-order valence-electron chi connectivity index (χ1n) is 13.1. The normalized spacial score (nSPS) is 21.5. The zero-order valence-electron chi connectivity index (χ0n) is 22.1. The first-order chi connectivity index (χ1) is 17.8. The van der Waals surface area contributed by atoms with E-state index in [1.165, 1.54) is 0 Å². The van der Waals surface area contributed by atoms with Crippen molar-refractivity contribution in [1.82, 2.24) is 19.7 Å². The summed E-state index contributed by atoms with van der Waals surface area (Å²) in [5.74, 6) is 0.748. The highest BCUT2D eigenvalue weighted by Gasteiger charge is 2.55. The molecule has 0 spiro atoms. The van der Waals surface area contributed by atoms with Crippen LogP contribution in [-0.4, -0.2) is 82.0 Å². The van der Waals surface area contributed by atoms with Crippen LogP contribution in [0.5, 0.6) is 11.5 Å². The fraction of sp³-hybridized carbons (Fsp3) is 0.448. The summed E-state index contributed by atoms with van der Waals surface area (Å²) in [6, 6.07) is 12.3. The average Bonchev–Trinajstić information content (AvgIpc) is 3.25. The monoisotopic (exact) mass is 504 g/mol. The van der Waals surface area contributed by atoms with Gasteiger partial charge in [0.25, 0.3) is 0 Å². The second-order valence-electron chi connectivity index (χ2n) is 10.2. The van der Waals surface area contributed by atoms with Crippen LogP contribution in [0, 0.1) is 0 Å². The lowest BCUT2D eigenvalue weighted by molar-refractivity contribution is -0.167. The van der Waals surface area contributed by atoms with E-state index in [2.05, 4.69) is 23.7 Å². The van der Waals surface area contributed by atoms with Gasteiger partial charge >= 0.3 is 0 Å². The van der Waals surface area contributed by atoms with E-state index < -0.39 is 11.6 Å². The molecule has 0 radical (unpaired) electrons. The number of hydrogen-bond donors (Lipinski definition) is 2. The minimum absolute atomic E-state index is 0.0281. The second kappa shape index (κ2) is 9.74. The Morgan fingerprint density at radius 1 is 1.16 bits per heavy atom. The molecule has 2 unspecified atom stereocenters. The van der Waals surface area contributed by atoms with Crippen molar-refractivity contribution in [2.45, 2.75) is 45.2 Å². The van der Waals surface area contributed by atoms with E-state index >= 15 is 0 Å². The van der Waals surface area contributed by atoms with E-state index in [1.54, 1.807) is 35.1 Å². The van der Waals surface area contributed by atoms with Gasteiger partial charge in [0, 0.05) is 29.6 Å². The number of benzene rings is 2. The van der Waals surface area contributed by atoms with Gasteiger partial charge in [-0.3, -0.25) is 9.59 Å². The van der Waals surface area contributed by atoms with Gasteiger partial charge in [-0.25, -0.2) is 0 Å². The summed E-state index contributed by atoms with van der Waals surface area (Å²) < 4.78 is 5.49. The predicted molar refractivity (Wildman–Crippen MR) is 143 cm³/mol. The molecule has 3 heterocycles. The molecule has 2 atom stereocenters. The maximum absolute atomic E-state index is 14.1. The number of aromatic nitrogens is 1. The molecule has 196 valence electrons. The molecule has 1 aromatic heterocycles. The van der Waals surface area contributed by atoms with Gasteiger partial charge in [0.1, 0.15) is 17.0 Å². The van der Waals surface area contributed by atoms with Crippen molar-refractivity contribution in [2.75, 3.05) is 39.8 Å². The maximum atomic E-state index is 14.1. The number of methoxy groups -OCH3 is 1. The Morgan fingerprint density at radius 3 is 2.65 bits per heavy atom. The molecule has 37 heavy (non-hydrogen) atoms. The predicted octanol–water partition coefficient (Wildman–Crippen LogP) is 3.69. The molecule has 2 aromatic carbocycles. The van der Waals surface area contributed by atoms with Gasteiger partial charge < -0.3 is 29.5 Å². The summed E-state index contributed by atoms with van der Waals surface area (Å²) in [6.45, 7) is 9.59. The standard InChI is InChI=1S/C29H36N4O4/c1-5-31(6-2)13-8-14-32-18-25(35)33-27(19-9-7-10-20(34)15-19)26-23(17-29(33,3)28(32)36)22-16-21(37-4)11-12-24(22)30-26/h7,9-12,15-16,27,30,34H,5-6,8,13-14,17-18H2,1-4H3. The third kappa shape index (κ3) is 4.23. The lowest BCUT2D eigenvalue weighted by Gasteiger charge is -2.53. The van der Waals surface area contributed by atoms with Gasteiger partial charge in [-0.1, -0.05) is 26.0 Å². The summed E-state index contributed by atoms with van der Waals surface area (Å²) in [7, 11) is 1.64. The molecule has 2 aliphatic heterocycles. The van der Waals surface area contributed by atoms with Crippen LogP contribution in [-0.2, 0) is 16.0 Å². The van der Waals surface area contributed by atoms with Crippen molar-refractivity contribution in [3.05, 3.63) is 59.3 Å². The molecular formula is C29H36N4O4. The fourth-order valence-electron chi connectivity index (χ4n) is 6.11. The van der Waals surface area contributed by atoms with Gasteiger partial charge in [-0.15, -0.1) is 0 Å². The van der Waals surface area contributed by atoms with Crippen molar-refractivity contribution in [3.8, 4) is 11.5 Å². The van der Waals surface area contributed by atoms with Gasteiger partial charge in [0.15, 0.2) is 0 Å². The number of carbonyl (C=O) groups is 2. The first kappa shape index (κ1) is 25.1. The van der Waals surface area contributed by atoms with Crippen LogP contribution >= 0.6 is 0 Å². The number of phenols is 1. The summed E-state index contributed by atoms with van der Waals surface area (Å²) in [5.41, 5.74) is 2.53. The quantitative estimate of drug-likeness (QED) is 0.489. The number of ether oxygens (including phenoxy) is 1. The van der Waals surface area contributed by atoms with Crippen molar-refractivity contribution >= 4 is 22.7 Å². The number of piperazine rings is 1. The third-order valence-electron chi connectivity index (χ3n) is 8.06. The number of rotatable bonds is 8. The highest BCUT2D eigenvalue weighted by atomic mass is 16.5. The number of H-pyrrole nitrogens is 1. The van der Waals surface area contributed by atoms with E-state index in [9.17, 15) is 14.7 Å². The number of fused-ring (bicyclic) bond motifs is 4. The summed E-state index contributed by atoms with van der Waals surface area (Å²) in [5, 5.41) is 11.3. The molecule has 2 N–H and O–H groups in total. The molecular weight excluding hydrogens is 468 g/mol. The number of phenolic OH excluding ortho intramolecular Hbond substituents is 1. The SMILES string of the molecule is CCN(CC)CCCN1CC(=O)N2C(c3cccc(O)c3)c3[nH]c4ccc(OC)cc4c3CC2(C)C1=O.